The highest BCUT2D eigenvalue weighted by molar-refractivity contribution is 9.10. The molecular formula is C20H25BrN2O3S. The Morgan fingerprint density at radius 1 is 1.11 bits per heavy atom. The number of aryl methyl sites for hydroxylation is 1. The predicted molar refractivity (Wildman–Crippen MR) is 110 cm³/mol. The van der Waals surface area contributed by atoms with Gasteiger partial charge in [0.05, 0.1) is 24.2 Å². The second-order valence-corrected chi connectivity index (χ2v) is 9.39. The largest absolute Gasteiger partial charge is 0.379 e. The van der Waals surface area contributed by atoms with Crippen molar-refractivity contribution in [1.82, 2.24) is 9.62 Å². The van der Waals surface area contributed by atoms with Crippen molar-refractivity contribution in [3.8, 4) is 0 Å². The highest BCUT2D eigenvalue weighted by Gasteiger charge is 2.30. The van der Waals surface area contributed by atoms with E-state index in [0.717, 1.165) is 28.7 Å². The number of rotatable bonds is 6. The molecule has 146 valence electrons. The van der Waals surface area contributed by atoms with E-state index in [2.05, 4.69) is 37.7 Å². The lowest BCUT2D eigenvalue weighted by Gasteiger charge is -2.38. The van der Waals surface area contributed by atoms with Crippen LogP contribution in [0.25, 0.3) is 0 Å². The summed E-state index contributed by atoms with van der Waals surface area (Å²) in [7, 11) is -3.62. The zero-order valence-electron chi connectivity index (χ0n) is 15.6. The fraction of sp³-hybridized carbons (Fsp3) is 0.400. The summed E-state index contributed by atoms with van der Waals surface area (Å²) < 4.78 is 35.2. The highest BCUT2D eigenvalue weighted by atomic mass is 79.9. The Labute approximate surface area is 169 Å². The van der Waals surface area contributed by atoms with Crippen LogP contribution in [-0.4, -0.2) is 45.7 Å². The molecule has 0 amide bonds. The Balaban J connectivity index is 1.87. The number of nitrogens with zero attached hydrogens (tertiary/aromatic N) is 1. The van der Waals surface area contributed by atoms with Gasteiger partial charge in [0.2, 0.25) is 10.0 Å². The van der Waals surface area contributed by atoms with Crippen molar-refractivity contribution in [1.29, 1.82) is 0 Å². The van der Waals surface area contributed by atoms with Crippen molar-refractivity contribution >= 4 is 26.0 Å². The van der Waals surface area contributed by atoms with Gasteiger partial charge in [0.15, 0.2) is 0 Å². The van der Waals surface area contributed by atoms with Crippen molar-refractivity contribution in [2.45, 2.75) is 30.8 Å². The predicted octanol–water partition coefficient (Wildman–Crippen LogP) is 3.50. The van der Waals surface area contributed by atoms with Crippen LogP contribution in [0.4, 0.5) is 0 Å². The fourth-order valence-corrected chi connectivity index (χ4v) is 5.06. The van der Waals surface area contributed by atoms with Gasteiger partial charge >= 0.3 is 0 Å². The number of benzene rings is 2. The maximum atomic E-state index is 13.0. The van der Waals surface area contributed by atoms with Crippen molar-refractivity contribution in [3.63, 3.8) is 0 Å². The van der Waals surface area contributed by atoms with Crippen LogP contribution in [0, 0.1) is 6.92 Å². The van der Waals surface area contributed by atoms with Crippen LogP contribution in [0.3, 0.4) is 0 Å². The summed E-state index contributed by atoms with van der Waals surface area (Å²) in [6, 6.07) is 14.8. The molecular weight excluding hydrogens is 428 g/mol. The molecule has 5 nitrogen and oxygen atoms in total. The summed E-state index contributed by atoms with van der Waals surface area (Å²) in [5.41, 5.74) is 1.99. The van der Waals surface area contributed by atoms with Crippen molar-refractivity contribution in [2.24, 2.45) is 0 Å². The maximum absolute atomic E-state index is 13.0. The zero-order valence-corrected chi connectivity index (χ0v) is 18.0. The Hall–Kier alpha value is -1.25. The van der Waals surface area contributed by atoms with Crippen LogP contribution in [0.1, 0.15) is 24.1 Å². The minimum absolute atomic E-state index is 0.0542. The summed E-state index contributed by atoms with van der Waals surface area (Å²) in [5.74, 6) is 0. The lowest BCUT2D eigenvalue weighted by Crippen LogP contribution is -2.48. The summed E-state index contributed by atoms with van der Waals surface area (Å²) >= 11 is 3.42. The number of morpholine rings is 1. The molecule has 0 saturated carbocycles. The molecule has 1 N–H and O–H groups in total. The standard InChI is InChI=1S/C20H25BrN2O3S/c1-15-14-18(8-9-19(15)21)27(24,25)22-16(2)20(17-6-4-3-5-7-17)23-10-12-26-13-11-23/h3-9,14,16,20,22H,10-13H2,1-2H3. The van der Waals surface area contributed by atoms with Gasteiger partial charge in [-0.15, -0.1) is 0 Å². The van der Waals surface area contributed by atoms with E-state index in [4.69, 9.17) is 4.74 Å². The van der Waals surface area contributed by atoms with E-state index < -0.39 is 10.0 Å². The van der Waals surface area contributed by atoms with E-state index in [0.29, 0.717) is 13.2 Å². The van der Waals surface area contributed by atoms with Gasteiger partial charge < -0.3 is 4.74 Å². The van der Waals surface area contributed by atoms with Gasteiger partial charge in [-0.2, -0.15) is 0 Å². The summed E-state index contributed by atoms with van der Waals surface area (Å²) in [6.07, 6.45) is 0. The van der Waals surface area contributed by atoms with Gasteiger partial charge in [0.1, 0.15) is 0 Å². The molecule has 1 fully saturated rings. The molecule has 7 heteroatoms. The summed E-state index contributed by atoms with van der Waals surface area (Å²) in [6.45, 7) is 6.69. The molecule has 0 bridgehead atoms. The first-order chi connectivity index (χ1) is 12.9. The molecule has 2 atom stereocenters. The average molecular weight is 453 g/mol. The van der Waals surface area contributed by atoms with E-state index in [1.54, 1.807) is 18.2 Å². The van der Waals surface area contributed by atoms with Gasteiger partial charge in [-0.25, -0.2) is 13.1 Å². The fourth-order valence-electron chi connectivity index (χ4n) is 3.48. The Bertz CT molecular complexity index is 868. The number of ether oxygens (including phenoxy) is 1. The summed E-state index contributed by atoms with van der Waals surface area (Å²) in [4.78, 5) is 2.57. The molecule has 27 heavy (non-hydrogen) atoms. The zero-order chi connectivity index (χ0) is 19.4. The highest BCUT2D eigenvalue weighted by Crippen LogP contribution is 2.27. The minimum atomic E-state index is -3.62. The van der Waals surface area contributed by atoms with Crippen LogP contribution in [-0.2, 0) is 14.8 Å². The van der Waals surface area contributed by atoms with Crippen LogP contribution in [0.5, 0.6) is 0 Å². The first-order valence-electron chi connectivity index (χ1n) is 9.04. The normalized spacial score (nSPS) is 18.2. The van der Waals surface area contributed by atoms with Gasteiger partial charge in [-0.1, -0.05) is 46.3 Å². The number of hydrogen-bond acceptors (Lipinski definition) is 4. The van der Waals surface area contributed by atoms with E-state index in [1.165, 1.54) is 0 Å². The number of hydrogen-bond donors (Lipinski definition) is 1. The quantitative estimate of drug-likeness (QED) is 0.728. The van der Waals surface area contributed by atoms with Gasteiger partial charge in [0.25, 0.3) is 0 Å². The third-order valence-electron chi connectivity index (χ3n) is 4.83. The molecule has 2 aromatic carbocycles. The molecule has 1 aliphatic heterocycles. The maximum Gasteiger partial charge on any atom is 0.240 e. The number of sulfonamides is 1. The smallest absolute Gasteiger partial charge is 0.240 e. The lowest BCUT2D eigenvalue weighted by atomic mass is 9.99. The molecule has 0 aliphatic carbocycles. The van der Waals surface area contributed by atoms with Gasteiger partial charge in [0, 0.05) is 23.6 Å². The molecule has 0 spiro atoms. The second-order valence-electron chi connectivity index (χ2n) is 6.82. The van der Waals surface area contributed by atoms with Crippen LogP contribution in [0.15, 0.2) is 57.9 Å². The van der Waals surface area contributed by atoms with E-state index >= 15 is 0 Å². The molecule has 1 heterocycles. The molecule has 0 aromatic heterocycles. The van der Waals surface area contributed by atoms with Crippen LogP contribution < -0.4 is 4.72 Å². The average Bonchev–Trinajstić information content (AvgIpc) is 2.65. The molecule has 0 radical (unpaired) electrons. The van der Waals surface area contributed by atoms with Gasteiger partial charge in [-0.05, 0) is 43.2 Å². The third-order valence-corrected chi connectivity index (χ3v) is 7.28. The number of nitrogens with one attached hydrogen (secondary N) is 1. The van der Waals surface area contributed by atoms with Crippen molar-refractivity contribution in [2.75, 3.05) is 26.3 Å². The van der Waals surface area contributed by atoms with Crippen molar-refractivity contribution < 1.29 is 13.2 Å². The van der Waals surface area contributed by atoms with E-state index in [-0.39, 0.29) is 17.0 Å². The molecule has 2 unspecified atom stereocenters. The third kappa shape index (κ3) is 4.97. The molecule has 1 saturated heterocycles. The minimum Gasteiger partial charge on any atom is -0.379 e. The first-order valence-corrected chi connectivity index (χ1v) is 11.3. The Morgan fingerprint density at radius 3 is 2.41 bits per heavy atom. The molecule has 2 aromatic rings. The van der Waals surface area contributed by atoms with Crippen molar-refractivity contribution in [3.05, 3.63) is 64.1 Å². The second kappa shape index (κ2) is 8.84. The summed E-state index contributed by atoms with van der Waals surface area (Å²) in [5, 5.41) is 0. The van der Waals surface area contributed by atoms with E-state index in [9.17, 15) is 8.42 Å². The topological polar surface area (TPSA) is 58.6 Å². The Morgan fingerprint density at radius 2 is 1.78 bits per heavy atom. The first kappa shape index (κ1) is 20.5. The molecule has 1 aliphatic rings. The number of halogens is 1. The lowest BCUT2D eigenvalue weighted by molar-refractivity contribution is 0.0105. The monoisotopic (exact) mass is 452 g/mol. The Kier molecular flexibility index (Phi) is 6.70. The van der Waals surface area contributed by atoms with E-state index in [1.807, 2.05) is 32.0 Å². The molecule has 3 rings (SSSR count). The van der Waals surface area contributed by atoms with Crippen LogP contribution in [0.2, 0.25) is 0 Å². The van der Waals surface area contributed by atoms with Crippen LogP contribution >= 0.6 is 15.9 Å². The SMILES string of the molecule is Cc1cc(S(=O)(=O)NC(C)C(c2ccccc2)N2CCOCC2)ccc1Br. The van der Waals surface area contributed by atoms with Gasteiger partial charge in [-0.3, -0.25) is 4.90 Å².